The number of anilines is 5. The van der Waals surface area contributed by atoms with Crippen molar-refractivity contribution < 1.29 is 0 Å². The molecule has 316 valence electrons. The van der Waals surface area contributed by atoms with Gasteiger partial charge in [-0.15, -0.1) is 11.3 Å². The van der Waals surface area contributed by atoms with Gasteiger partial charge in [0.1, 0.15) is 0 Å². The van der Waals surface area contributed by atoms with Crippen molar-refractivity contribution in [3.05, 3.63) is 168 Å². The maximum absolute atomic E-state index is 2.90. The molecule has 0 saturated heterocycles. The van der Waals surface area contributed by atoms with E-state index in [1.165, 1.54) is 124 Å². The summed E-state index contributed by atoms with van der Waals surface area (Å²) >= 11 is 1.98. The Hall–Kier alpha value is -5.84. The van der Waals surface area contributed by atoms with E-state index in [0.29, 0.717) is 0 Å². The lowest BCUT2D eigenvalue weighted by molar-refractivity contribution is 0.195. The van der Waals surface area contributed by atoms with Gasteiger partial charge in [-0.2, -0.15) is 0 Å². The smallest absolute Gasteiger partial charge is 0.254 e. The maximum atomic E-state index is 2.90. The molecule has 0 radical (unpaired) electrons. The SMILES string of the molecule is CC(C)(C)c1ccc(N2c3cc(-c4ccccc4)cc4c3B(c3cc(-c5ccccc5)cc5c3N4C3(C)CCCCC53C)c3c2sc2ccc(C(C)(C)C)cc32)c(-c2ccccc2)c1. The Labute approximate surface area is 384 Å². The Bertz CT molecular complexity index is 3170. The Balaban J connectivity index is 1.26. The summed E-state index contributed by atoms with van der Waals surface area (Å²) in [5.74, 6) is 0. The lowest BCUT2D eigenvalue weighted by atomic mass is 9.33. The van der Waals surface area contributed by atoms with Crippen LogP contribution in [0.2, 0.25) is 0 Å². The number of hydrogen-bond donors (Lipinski definition) is 0. The van der Waals surface area contributed by atoms with Gasteiger partial charge in [-0.25, -0.2) is 0 Å². The third kappa shape index (κ3) is 5.63. The third-order valence-electron chi connectivity index (χ3n) is 15.9. The summed E-state index contributed by atoms with van der Waals surface area (Å²) in [4.78, 5) is 5.60. The van der Waals surface area contributed by atoms with Crippen LogP contribution < -0.4 is 26.2 Å². The Kier molecular flexibility index (Phi) is 8.59. The van der Waals surface area contributed by atoms with Gasteiger partial charge in [0.25, 0.3) is 6.71 Å². The topological polar surface area (TPSA) is 6.48 Å². The minimum Gasteiger partial charge on any atom is -0.335 e. The summed E-state index contributed by atoms with van der Waals surface area (Å²) in [5.41, 5.74) is 21.5. The maximum Gasteiger partial charge on any atom is 0.254 e. The van der Waals surface area contributed by atoms with E-state index in [2.05, 4.69) is 217 Å². The minimum absolute atomic E-state index is 0.00496. The van der Waals surface area contributed by atoms with Gasteiger partial charge >= 0.3 is 0 Å². The second-order valence-corrected chi connectivity index (χ2v) is 22.7. The molecule has 0 bridgehead atoms. The monoisotopic (exact) mass is 848 g/mol. The molecule has 4 aliphatic rings. The Morgan fingerprint density at radius 2 is 1.11 bits per heavy atom. The molecule has 4 heterocycles. The minimum atomic E-state index is -0.101. The normalized spacial score (nSPS) is 19.7. The predicted octanol–water partition coefficient (Wildman–Crippen LogP) is 14.9. The molecule has 64 heavy (non-hydrogen) atoms. The van der Waals surface area contributed by atoms with Gasteiger partial charge in [-0.3, -0.25) is 0 Å². The van der Waals surface area contributed by atoms with Crippen molar-refractivity contribution in [2.24, 2.45) is 0 Å². The van der Waals surface area contributed by atoms with Crippen molar-refractivity contribution in [1.82, 2.24) is 0 Å². The molecule has 2 atom stereocenters. The van der Waals surface area contributed by atoms with Crippen LogP contribution in [-0.4, -0.2) is 12.3 Å². The lowest BCUT2D eigenvalue weighted by Crippen LogP contribution is -2.64. The predicted molar refractivity (Wildman–Crippen MR) is 278 cm³/mol. The van der Waals surface area contributed by atoms with Crippen LogP contribution in [0.25, 0.3) is 43.5 Å². The number of hydrogen-bond acceptors (Lipinski definition) is 3. The molecule has 4 heteroatoms. The van der Waals surface area contributed by atoms with E-state index in [9.17, 15) is 0 Å². The van der Waals surface area contributed by atoms with Crippen LogP contribution >= 0.6 is 11.3 Å². The summed E-state index contributed by atoms with van der Waals surface area (Å²) in [7, 11) is 0. The van der Waals surface area contributed by atoms with Gasteiger partial charge in [-0.05, 0) is 133 Å². The summed E-state index contributed by atoms with van der Waals surface area (Å²) < 4.78 is 1.35. The molecule has 1 fully saturated rings. The highest BCUT2D eigenvalue weighted by molar-refractivity contribution is 7.26. The van der Waals surface area contributed by atoms with E-state index in [1.807, 2.05) is 11.3 Å². The molecule has 3 aliphatic heterocycles. The second kappa shape index (κ2) is 13.8. The first-order chi connectivity index (χ1) is 30.7. The van der Waals surface area contributed by atoms with Crippen molar-refractivity contribution in [2.75, 3.05) is 9.80 Å². The van der Waals surface area contributed by atoms with E-state index in [0.717, 1.165) is 6.42 Å². The molecule has 0 N–H and O–H groups in total. The largest absolute Gasteiger partial charge is 0.335 e. The quantitative estimate of drug-likeness (QED) is 0.163. The van der Waals surface area contributed by atoms with Gasteiger partial charge in [-0.1, -0.05) is 177 Å². The number of benzene rings is 7. The van der Waals surface area contributed by atoms with Crippen LogP contribution in [0.3, 0.4) is 0 Å². The highest BCUT2D eigenvalue weighted by atomic mass is 32.1. The molecule has 1 aromatic heterocycles. The highest BCUT2D eigenvalue weighted by Gasteiger charge is 2.61. The molecule has 2 nitrogen and oxygen atoms in total. The van der Waals surface area contributed by atoms with Crippen molar-refractivity contribution in [3.8, 4) is 33.4 Å². The first-order valence-corrected chi connectivity index (χ1v) is 24.4. The van der Waals surface area contributed by atoms with E-state index in [-0.39, 0.29) is 28.5 Å². The van der Waals surface area contributed by atoms with Crippen LogP contribution in [0.15, 0.2) is 152 Å². The van der Waals surface area contributed by atoms with E-state index >= 15 is 0 Å². The van der Waals surface area contributed by atoms with Gasteiger partial charge < -0.3 is 9.80 Å². The van der Waals surface area contributed by atoms with Gasteiger partial charge in [0, 0.05) is 32.7 Å². The Morgan fingerprint density at radius 3 is 1.77 bits per heavy atom. The first kappa shape index (κ1) is 39.7. The summed E-state index contributed by atoms with van der Waals surface area (Å²) in [6.45, 7) is 19.4. The fraction of sp³-hybridized carbons (Fsp3) is 0.267. The number of nitrogens with zero attached hydrogens (tertiary/aromatic N) is 2. The average Bonchev–Trinajstić information content (AvgIpc) is 3.77. The third-order valence-corrected chi connectivity index (χ3v) is 17.1. The molecular weight excluding hydrogens is 792 g/mol. The van der Waals surface area contributed by atoms with Crippen LogP contribution in [0, 0.1) is 0 Å². The summed E-state index contributed by atoms with van der Waals surface area (Å²) in [6, 6.07) is 58.5. The molecule has 8 aromatic rings. The number of thiophene rings is 1. The van der Waals surface area contributed by atoms with Crippen LogP contribution in [0.1, 0.15) is 97.8 Å². The van der Waals surface area contributed by atoms with Crippen molar-refractivity contribution in [2.45, 2.75) is 103 Å². The zero-order chi connectivity index (χ0) is 43.9. The van der Waals surface area contributed by atoms with Crippen LogP contribution in [-0.2, 0) is 16.2 Å². The molecule has 2 unspecified atom stereocenters. The first-order valence-electron chi connectivity index (χ1n) is 23.6. The molecule has 0 amide bonds. The molecule has 7 aromatic carbocycles. The average molecular weight is 849 g/mol. The van der Waals surface area contributed by atoms with Gasteiger partial charge in [0.15, 0.2) is 0 Å². The fourth-order valence-corrected chi connectivity index (χ4v) is 13.5. The van der Waals surface area contributed by atoms with E-state index < -0.39 is 0 Å². The van der Waals surface area contributed by atoms with Crippen molar-refractivity contribution >= 4 is 72.3 Å². The summed E-state index contributed by atoms with van der Waals surface area (Å²) in [5, 5.41) is 2.72. The summed E-state index contributed by atoms with van der Waals surface area (Å²) in [6.07, 6.45) is 4.84. The van der Waals surface area contributed by atoms with E-state index in [1.54, 1.807) is 0 Å². The van der Waals surface area contributed by atoms with Crippen molar-refractivity contribution in [3.63, 3.8) is 0 Å². The zero-order valence-electron chi connectivity index (χ0n) is 38.6. The van der Waals surface area contributed by atoms with Crippen molar-refractivity contribution in [1.29, 1.82) is 0 Å². The Morgan fingerprint density at radius 1 is 0.531 bits per heavy atom. The molecule has 1 saturated carbocycles. The standard InChI is InChI=1S/C60H57BN2S/c1-57(2,3)43-26-28-49(45(36-43)40-24-16-11-17-25-40)62-50-34-42(39-22-14-10-15-23-39)35-51-54(50)61(53-46-37-44(58(4,5)6)27-29-52(46)64-56(53)62)48-33-41(38-20-12-9-13-21-38)32-47-55(48)63(51)60(8)31-19-18-30-59(47,60)7/h9-17,20-29,32-37H,18-19,30-31H2,1-8H3. The molecule has 1 aliphatic carbocycles. The van der Waals surface area contributed by atoms with Gasteiger partial charge in [0.05, 0.1) is 16.2 Å². The second-order valence-electron chi connectivity index (χ2n) is 21.7. The zero-order valence-corrected chi connectivity index (χ0v) is 39.5. The van der Waals surface area contributed by atoms with Crippen LogP contribution in [0.4, 0.5) is 27.8 Å². The number of rotatable bonds is 4. The van der Waals surface area contributed by atoms with E-state index in [4.69, 9.17) is 0 Å². The molecule has 0 spiro atoms. The molecule has 12 rings (SSSR count). The fourth-order valence-electron chi connectivity index (χ4n) is 12.2. The van der Waals surface area contributed by atoms with Gasteiger partial charge in [0.2, 0.25) is 0 Å². The number of fused-ring (bicyclic) bond motifs is 9. The molecular formula is C60H57BN2S. The van der Waals surface area contributed by atoms with Crippen LogP contribution in [0.5, 0.6) is 0 Å². The highest BCUT2D eigenvalue weighted by Crippen LogP contribution is 2.63. The lowest BCUT2D eigenvalue weighted by Gasteiger charge is -2.52.